The first-order valence-corrected chi connectivity index (χ1v) is 7.80. The standard InChI is InChI=1S/C18H24N2O2/c1-2-20(12-16-8-10-19-11-9-16)13-18(21)15-22-14-17-6-4-3-5-7-17/h3-11,18,21H,2,12-15H2,1H3/p+1/t18-/m0/s1. The molecule has 0 aliphatic carbocycles. The number of aliphatic hydroxyl groups is 1. The molecule has 4 nitrogen and oxygen atoms in total. The number of ether oxygens (including phenoxy) is 1. The van der Waals surface area contributed by atoms with Crippen molar-refractivity contribution in [1.29, 1.82) is 0 Å². The first-order chi connectivity index (χ1) is 10.8. The summed E-state index contributed by atoms with van der Waals surface area (Å²) in [5.41, 5.74) is 2.37. The second kappa shape index (κ2) is 9.30. The van der Waals surface area contributed by atoms with E-state index in [1.54, 1.807) is 0 Å². The van der Waals surface area contributed by atoms with Crippen molar-refractivity contribution < 1.29 is 14.7 Å². The molecule has 2 N–H and O–H groups in total. The molecule has 1 heterocycles. The smallest absolute Gasteiger partial charge is 0.126 e. The third-order valence-electron chi connectivity index (χ3n) is 3.65. The van der Waals surface area contributed by atoms with Crippen molar-refractivity contribution in [2.45, 2.75) is 26.2 Å². The zero-order valence-electron chi connectivity index (χ0n) is 13.1. The summed E-state index contributed by atoms with van der Waals surface area (Å²) < 4.78 is 5.60. The molecule has 0 amide bonds. The molecule has 0 radical (unpaired) electrons. The number of nitrogens with zero attached hydrogens (tertiary/aromatic N) is 1. The van der Waals surface area contributed by atoms with E-state index >= 15 is 0 Å². The molecule has 0 spiro atoms. The number of hydrogen-bond donors (Lipinski definition) is 2. The molecular weight excluding hydrogens is 276 g/mol. The average Bonchev–Trinajstić information content (AvgIpc) is 2.56. The summed E-state index contributed by atoms with van der Waals surface area (Å²) in [4.78, 5) is 5.37. The second-order valence-electron chi connectivity index (χ2n) is 5.49. The highest BCUT2D eigenvalue weighted by Gasteiger charge is 2.14. The Morgan fingerprint density at radius 1 is 1.09 bits per heavy atom. The number of nitrogens with one attached hydrogen (secondary N) is 1. The fraction of sp³-hybridized carbons (Fsp3) is 0.389. The highest BCUT2D eigenvalue weighted by molar-refractivity contribution is 5.13. The molecule has 22 heavy (non-hydrogen) atoms. The Kier molecular flexibility index (Phi) is 7.03. The monoisotopic (exact) mass is 301 g/mol. The van der Waals surface area contributed by atoms with Crippen LogP contribution in [0.1, 0.15) is 18.1 Å². The number of quaternary nitrogens is 1. The van der Waals surface area contributed by atoms with Crippen LogP contribution in [0.25, 0.3) is 0 Å². The number of likely N-dealkylation sites (N-methyl/N-ethyl adjacent to an activating group) is 1. The van der Waals surface area contributed by atoms with Gasteiger partial charge in [-0.2, -0.15) is 0 Å². The normalized spacial score (nSPS) is 13.7. The lowest BCUT2D eigenvalue weighted by atomic mass is 10.2. The molecule has 0 saturated carbocycles. The molecule has 4 heteroatoms. The van der Waals surface area contributed by atoms with Crippen LogP contribution in [-0.4, -0.2) is 35.9 Å². The van der Waals surface area contributed by atoms with Crippen molar-refractivity contribution >= 4 is 0 Å². The van der Waals surface area contributed by atoms with E-state index in [9.17, 15) is 5.11 Å². The molecule has 2 atom stereocenters. The first-order valence-electron chi connectivity index (χ1n) is 7.80. The lowest BCUT2D eigenvalue weighted by Gasteiger charge is -2.21. The highest BCUT2D eigenvalue weighted by Crippen LogP contribution is 2.00. The van der Waals surface area contributed by atoms with Gasteiger partial charge in [-0.3, -0.25) is 4.98 Å². The van der Waals surface area contributed by atoms with Crippen LogP contribution in [0.2, 0.25) is 0 Å². The van der Waals surface area contributed by atoms with Crippen molar-refractivity contribution in [3.8, 4) is 0 Å². The highest BCUT2D eigenvalue weighted by atomic mass is 16.5. The zero-order valence-corrected chi connectivity index (χ0v) is 13.1. The van der Waals surface area contributed by atoms with Crippen LogP contribution >= 0.6 is 0 Å². The Hall–Kier alpha value is -1.75. The summed E-state index contributed by atoms with van der Waals surface area (Å²) in [6.07, 6.45) is 3.17. The van der Waals surface area contributed by atoms with Crippen molar-refractivity contribution in [1.82, 2.24) is 4.98 Å². The Morgan fingerprint density at radius 2 is 1.82 bits per heavy atom. The molecule has 0 fully saturated rings. The SMILES string of the molecule is CC[NH+](Cc1ccncc1)C[C@H](O)COCc1ccccc1. The fourth-order valence-electron chi connectivity index (χ4n) is 2.41. The maximum atomic E-state index is 10.1. The van der Waals surface area contributed by atoms with E-state index in [2.05, 4.69) is 11.9 Å². The maximum absolute atomic E-state index is 10.1. The van der Waals surface area contributed by atoms with Crippen LogP contribution in [0, 0.1) is 0 Å². The topological polar surface area (TPSA) is 46.8 Å². The van der Waals surface area contributed by atoms with Gasteiger partial charge in [0.2, 0.25) is 0 Å². The van der Waals surface area contributed by atoms with E-state index in [4.69, 9.17) is 4.74 Å². The van der Waals surface area contributed by atoms with Crippen molar-refractivity contribution in [2.24, 2.45) is 0 Å². The summed E-state index contributed by atoms with van der Waals surface area (Å²) >= 11 is 0. The van der Waals surface area contributed by atoms with Crippen LogP contribution in [0.3, 0.4) is 0 Å². The molecule has 1 aromatic heterocycles. The predicted octanol–water partition coefficient (Wildman–Crippen LogP) is 1.06. The van der Waals surface area contributed by atoms with Crippen LogP contribution in [-0.2, 0) is 17.9 Å². The number of aliphatic hydroxyl groups excluding tert-OH is 1. The quantitative estimate of drug-likeness (QED) is 0.728. The second-order valence-corrected chi connectivity index (χ2v) is 5.49. The van der Waals surface area contributed by atoms with Gasteiger partial charge in [0.1, 0.15) is 19.2 Å². The Bertz CT molecular complexity index is 519. The first kappa shape index (κ1) is 16.6. The predicted molar refractivity (Wildman–Crippen MR) is 86.4 cm³/mol. The number of aromatic nitrogens is 1. The van der Waals surface area contributed by atoms with Crippen LogP contribution in [0.5, 0.6) is 0 Å². The molecule has 1 aromatic carbocycles. The molecule has 1 unspecified atom stereocenters. The van der Waals surface area contributed by atoms with Gasteiger partial charge in [0.05, 0.1) is 19.8 Å². The molecule has 2 aromatic rings. The van der Waals surface area contributed by atoms with Gasteiger partial charge in [-0.05, 0) is 24.6 Å². The minimum absolute atomic E-state index is 0.370. The van der Waals surface area contributed by atoms with Gasteiger partial charge in [0.15, 0.2) is 0 Å². The van der Waals surface area contributed by atoms with Crippen molar-refractivity contribution in [3.05, 3.63) is 66.0 Å². The van der Waals surface area contributed by atoms with Crippen molar-refractivity contribution in [3.63, 3.8) is 0 Å². The zero-order chi connectivity index (χ0) is 15.6. The van der Waals surface area contributed by atoms with Crippen LogP contribution in [0.4, 0.5) is 0 Å². The van der Waals surface area contributed by atoms with Gasteiger partial charge in [-0.25, -0.2) is 0 Å². The molecule has 0 aliphatic heterocycles. The Morgan fingerprint density at radius 3 is 2.50 bits per heavy atom. The summed E-state index contributed by atoms with van der Waals surface area (Å²) in [6.45, 7) is 5.60. The van der Waals surface area contributed by atoms with E-state index in [1.165, 1.54) is 10.5 Å². The van der Waals surface area contributed by atoms with Gasteiger partial charge in [-0.1, -0.05) is 30.3 Å². The van der Waals surface area contributed by atoms with Crippen LogP contribution in [0.15, 0.2) is 54.9 Å². The van der Waals surface area contributed by atoms with Gasteiger partial charge in [0.25, 0.3) is 0 Å². The van der Waals surface area contributed by atoms with E-state index in [0.717, 1.165) is 18.7 Å². The lowest BCUT2D eigenvalue weighted by molar-refractivity contribution is -0.915. The van der Waals surface area contributed by atoms with E-state index in [1.807, 2.05) is 54.9 Å². The molecule has 0 saturated heterocycles. The van der Waals surface area contributed by atoms with Gasteiger partial charge >= 0.3 is 0 Å². The number of rotatable bonds is 9. The largest absolute Gasteiger partial charge is 0.385 e. The third kappa shape index (κ3) is 5.93. The van der Waals surface area contributed by atoms with E-state index in [0.29, 0.717) is 19.8 Å². The van der Waals surface area contributed by atoms with Crippen LogP contribution < -0.4 is 4.90 Å². The summed E-state index contributed by atoms with van der Waals surface area (Å²) in [5, 5.41) is 10.1. The minimum Gasteiger partial charge on any atom is -0.385 e. The van der Waals surface area contributed by atoms with E-state index < -0.39 is 6.10 Å². The number of benzene rings is 1. The molecule has 118 valence electrons. The van der Waals surface area contributed by atoms with Gasteiger partial charge in [0, 0.05) is 18.0 Å². The fourth-order valence-corrected chi connectivity index (χ4v) is 2.41. The molecule has 0 bridgehead atoms. The summed E-state index contributed by atoms with van der Waals surface area (Å²) in [7, 11) is 0. The maximum Gasteiger partial charge on any atom is 0.126 e. The minimum atomic E-state index is -0.444. The van der Waals surface area contributed by atoms with E-state index in [-0.39, 0.29) is 0 Å². The lowest BCUT2D eigenvalue weighted by Crippen LogP contribution is -3.11. The summed E-state index contributed by atoms with van der Waals surface area (Å²) in [6, 6.07) is 14.1. The van der Waals surface area contributed by atoms with Gasteiger partial charge < -0.3 is 14.7 Å². The number of pyridine rings is 1. The third-order valence-corrected chi connectivity index (χ3v) is 3.65. The van der Waals surface area contributed by atoms with Crippen molar-refractivity contribution in [2.75, 3.05) is 19.7 Å². The summed E-state index contributed by atoms with van der Waals surface area (Å²) in [5.74, 6) is 0. The molecular formula is C18H25N2O2+. The Balaban J connectivity index is 1.71. The van der Waals surface area contributed by atoms with Gasteiger partial charge in [-0.15, -0.1) is 0 Å². The Labute approximate surface area is 132 Å². The molecule has 2 rings (SSSR count). The number of hydrogen-bond acceptors (Lipinski definition) is 3. The average molecular weight is 301 g/mol. The molecule has 0 aliphatic rings.